The Hall–Kier alpha value is -3.51. The molecule has 3 fully saturated rings. The third-order valence-corrected chi connectivity index (χ3v) is 9.64. The van der Waals surface area contributed by atoms with Crippen LogP contribution in [-0.4, -0.2) is 75.6 Å². The fourth-order valence-electron chi connectivity index (χ4n) is 7.73. The molecule has 14 heteroatoms. The predicted octanol–water partition coefficient (Wildman–Crippen LogP) is 4.60. The molecule has 9 nitrogen and oxygen atoms in total. The SMILES string of the molecule is CC#Cc1cc(N)cc([C@@H]2Cc3nc(OC[C@@]45CCCN4CC(=C(F)F)C5)nc(N4C[C@H](CO)C[C@@](C)(O)C4)c3CO2)c1C(F)(F)F. The topological polar surface area (TPSA) is 117 Å². The number of benzene rings is 1. The second kappa shape index (κ2) is 12.5. The largest absolute Gasteiger partial charge is 0.461 e. The van der Waals surface area contributed by atoms with Crippen LogP contribution in [0.15, 0.2) is 23.8 Å². The normalized spacial score (nSPS) is 27.7. The lowest BCUT2D eigenvalue weighted by Gasteiger charge is -2.42. The maximum absolute atomic E-state index is 14.4. The summed E-state index contributed by atoms with van der Waals surface area (Å²) in [5, 5.41) is 21.0. The first-order chi connectivity index (χ1) is 22.2. The molecule has 4 aliphatic rings. The van der Waals surface area contributed by atoms with Gasteiger partial charge in [0.1, 0.15) is 12.4 Å². The number of nitrogen functional groups attached to an aromatic ring is 1. The molecular formula is C33H38F5N5O4. The highest BCUT2D eigenvalue weighted by Gasteiger charge is 2.49. The Labute approximate surface area is 269 Å². The maximum atomic E-state index is 14.4. The minimum absolute atomic E-state index is 0.0470. The molecule has 0 bridgehead atoms. The fourth-order valence-corrected chi connectivity index (χ4v) is 7.73. The highest BCUT2D eigenvalue weighted by atomic mass is 19.4. The Kier molecular flexibility index (Phi) is 8.88. The highest BCUT2D eigenvalue weighted by molar-refractivity contribution is 5.58. The Morgan fingerprint density at radius 1 is 1.26 bits per heavy atom. The average Bonchev–Trinajstić information content (AvgIpc) is 3.56. The lowest BCUT2D eigenvalue weighted by molar-refractivity contribution is -0.140. The van der Waals surface area contributed by atoms with E-state index in [1.165, 1.54) is 19.1 Å². The van der Waals surface area contributed by atoms with E-state index in [9.17, 15) is 32.2 Å². The van der Waals surface area contributed by atoms with E-state index in [2.05, 4.69) is 16.8 Å². The van der Waals surface area contributed by atoms with Crippen LogP contribution in [0.3, 0.4) is 0 Å². The summed E-state index contributed by atoms with van der Waals surface area (Å²) in [5.74, 6) is 5.15. The Morgan fingerprint density at radius 2 is 2.04 bits per heavy atom. The molecule has 0 spiro atoms. The lowest BCUT2D eigenvalue weighted by atomic mass is 9.87. The molecule has 0 amide bonds. The molecule has 0 unspecified atom stereocenters. The molecular weight excluding hydrogens is 625 g/mol. The first-order valence-corrected chi connectivity index (χ1v) is 15.7. The number of rotatable bonds is 6. The number of anilines is 2. The molecule has 6 rings (SSSR count). The van der Waals surface area contributed by atoms with Gasteiger partial charge in [-0.15, -0.1) is 5.92 Å². The van der Waals surface area contributed by atoms with Gasteiger partial charge < -0.3 is 30.3 Å². The van der Waals surface area contributed by atoms with E-state index in [0.717, 1.165) is 6.42 Å². The van der Waals surface area contributed by atoms with Crippen LogP contribution in [0.4, 0.5) is 33.5 Å². The summed E-state index contributed by atoms with van der Waals surface area (Å²) in [7, 11) is 0. The first-order valence-electron chi connectivity index (χ1n) is 15.7. The van der Waals surface area contributed by atoms with Gasteiger partial charge in [-0.25, -0.2) is 0 Å². The molecule has 0 radical (unpaired) electrons. The van der Waals surface area contributed by atoms with Crippen LogP contribution < -0.4 is 15.4 Å². The van der Waals surface area contributed by atoms with Crippen LogP contribution in [0.5, 0.6) is 6.01 Å². The third kappa shape index (κ3) is 6.63. The number of aliphatic hydroxyl groups is 2. The molecule has 4 N–H and O–H groups in total. The van der Waals surface area contributed by atoms with E-state index in [1.807, 2.05) is 9.80 Å². The van der Waals surface area contributed by atoms with Crippen LogP contribution in [0.25, 0.3) is 0 Å². The van der Waals surface area contributed by atoms with E-state index in [4.69, 9.17) is 20.2 Å². The lowest BCUT2D eigenvalue weighted by Crippen LogP contribution is -2.51. The van der Waals surface area contributed by atoms with Crippen LogP contribution in [0.1, 0.15) is 73.6 Å². The van der Waals surface area contributed by atoms with Crippen molar-refractivity contribution < 1.29 is 41.6 Å². The number of hydrogen-bond acceptors (Lipinski definition) is 9. The van der Waals surface area contributed by atoms with Crippen molar-refractivity contribution in [2.24, 2.45) is 5.92 Å². The standard InChI is InChI=1S/C33H38F5N5O4/c1-3-5-20-8-22(39)9-23(27(20)33(36,37)38)26-10-25-24(16-46-26)29(42-13-19(15-44)11-31(2,45)17-42)41-30(40-25)47-18-32-6-4-7-43(32)14-21(12-32)28(34)35/h8-9,19,26,44-45H,4,6-7,10-18,39H2,1-2H3/t19-,26+,31-,32+/m1/s1. The summed E-state index contributed by atoms with van der Waals surface area (Å²) >= 11 is 0. The van der Waals surface area contributed by atoms with Gasteiger partial charge in [-0.05, 0) is 63.8 Å². The number of nitrogens with zero attached hydrogens (tertiary/aromatic N) is 4. The number of nitrogens with two attached hydrogens (primary N) is 1. The molecule has 4 atom stereocenters. The number of fused-ring (bicyclic) bond motifs is 2. The number of ether oxygens (including phenoxy) is 2. The van der Waals surface area contributed by atoms with Gasteiger partial charge in [0.2, 0.25) is 0 Å². The van der Waals surface area contributed by atoms with Crippen molar-refractivity contribution in [3.8, 4) is 17.9 Å². The van der Waals surface area contributed by atoms with Crippen LogP contribution in [0, 0.1) is 17.8 Å². The van der Waals surface area contributed by atoms with Gasteiger partial charge >= 0.3 is 12.2 Å². The van der Waals surface area contributed by atoms with Crippen molar-refractivity contribution in [1.82, 2.24) is 14.9 Å². The second-order valence-corrected chi connectivity index (χ2v) is 13.4. The molecule has 3 saturated heterocycles. The number of β-amino-alcohol motifs (C(OH)–C–C–N with tert-alkyl or cyclic N) is 1. The summed E-state index contributed by atoms with van der Waals surface area (Å²) in [5.41, 5.74) is 4.00. The van der Waals surface area contributed by atoms with Crippen molar-refractivity contribution in [2.75, 3.05) is 50.0 Å². The summed E-state index contributed by atoms with van der Waals surface area (Å²) in [6.45, 7) is 4.20. The van der Waals surface area contributed by atoms with Crippen molar-refractivity contribution in [3.05, 3.63) is 51.7 Å². The van der Waals surface area contributed by atoms with Gasteiger partial charge in [-0.2, -0.15) is 31.9 Å². The molecule has 1 aromatic heterocycles. The van der Waals surface area contributed by atoms with E-state index in [-0.39, 0.29) is 80.1 Å². The Morgan fingerprint density at radius 3 is 2.74 bits per heavy atom. The third-order valence-electron chi connectivity index (χ3n) is 9.64. The van der Waals surface area contributed by atoms with E-state index in [1.54, 1.807) is 6.92 Å². The number of hydrogen-bond donors (Lipinski definition) is 3. The van der Waals surface area contributed by atoms with Crippen LogP contribution >= 0.6 is 0 Å². The van der Waals surface area contributed by atoms with Crippen LogP contribution in [0.2, 0.25) is 0 Å². The number of aromatic nitrogens is 2. The zero-order chi connectivity index (χ0) is 33.7. The summed E-state index contributed by atoms with van der Waals surface area (Å²) in [4.78, 5) is 13.2. The minimum Gasteiger partial charge on any atom is -0.461 e. The first kappa shape index (κ1) is 33.4. The number of halogens is 5. The van der Waals surface area contributed by atoms with Gasteiger partial charge in [0.25, 0.3) is 6.08 Å². The number of aliphatic hydroxyl groups excluding tert-OH is 1. The zero-order valence-electron chi connectivity index (χ0n) is 26.3. The zero-order valence-corrected chi connectivity index (χ0v) is 26.3. The number of alkyl halides is 3. The van der Waals surface area contributed by atoms with Gasteiger partial charge in [0.15, 0.2) is 0 Å². The molecule has 0 saturated carbocycles. The summed E-state index contributed by atoms with van der Waals surface area (Å²) in [6, 6.07) is 2.39. The van der Waals surface area contributed by atoms with Gasteiger partial charge in [-0.3, -0.25) is 4.90 Å². The Bertz CT molecular complexity index is 1630. The van der Waals surface area contributed by atoms with Gasteiger partial charge in [0, 0.05) is 61.0 Å². The number of piperidine rings is 1. The van der Waals surface area contributed by atoms with Crippen molar-refractivity contribution in [2.45, 2.75) is 76.0 Å². The van der Waals surface area contributed by atoms with Gasteiger partial charge in [-0.1, -0.05) is 5.92 Å². The molecule has 47 heavy (non-hydrogen) atoms. The molecule has 0 aliphatic carbocycles. The summed E-state index contributed by atoms with van der Waals surface area (Å²) < 4.78 is 82.7. The summed E-state index contributed by atoms with van der Waals surface area (Å²) in [6.07, 6.45) is -5.55. The molecule has 5 heterocycles. The molecule has 1 aromatic carbocycles. The second-order valence-electron chi connectivity index (χ2n) is 13.4. The molecule has 4 aliphatic heterocycles. The minimum atomic E-state index is -4.74. The van der Waals surface area contributed by atoms with Gasteiger partial charge in [0.05, 0.1) is 35.1 Å². The average molecular weight is 664 g/mol. The molecule has 2 aromatic rings. The molecule has 254 valence electrons. The monoisotopic (exact) mass is 663 g/mol. The Balaban J connectivity index is 1.39. The van der Waals surface area contributed by atoms with Crippen molar-refractivity contribution in [3.63, 3.8) is 0 Å². The smallest absolute Gasteiger partial charge is 0.417 e. The predicted molar refractivity (Wildman–Crippen MR) is 163 cm³/mol. The maximum Gasteiger partial charge on any atom is 0.417 e. The highest BCUT2D eigenvalue weighted by Crippen LogP contribution is 2.45. The quantitative estimate of drug-likeness (QED) is 0.232. The van der Waals surface area contributed by atoms with Crippen molar-refractivity contribution >= 4 is 11.5 Å². The van der Waals surface area contributed by atoms with Crippen LogP contribution in [-0.2, 0) is 23.9 Å². The van der Waals surface area contributed by atoms with Crippen molar-refractivity contribution in [1.29, 1.82) is 0 Å². The van der Waals surface area contributed by atoms with E-state index < -0.39 is 35.1 Å². The van der Waals surface area contributed by atoms with E-state index in [0.29, 0.717) is 43.0 Å². The fraction of sp³-hybridized carbons (Fsp3) is 0.576. The van der Waals surface area contributed by atoms with E-state index >= 15 is 0 Å².